The van der Waals surface area contributed by atoms with Crippen LogP contribution in [0.15, 0.2) is 30.5 Å². The maximum atomic E-state index is 11.2. The van der Waals surface area contributed by atoms with E-state index in [0.29, 0.717) is 11.8 Å². The Labute approximate surface area is 135 Å². The Kier molecular flexibility index (Phi) is 4.85. The number of anilines is 2. The third-order valence-corrected chi connectivity index (χ3v) is 4.18. The van der Waals surface area contributed by atoms with E-state index in [1.54, 1.807) is 0 Å². The van der Waals surface area contributed by atoms with Crippen LogP contribution < -0.4 is 10.6 Å². The van der Waals surface area contributed by atoms with E-state index in [-0.39, 0.29) is 17.8 Å². The Bertz CT molecular complexity index is 629. The highest BCUT2D eigenvalue weighted by Gasteiger charge is 2.21. The van der Waals surface area contributed by atoms with Crippen molar-refractivity contribution in [2.45, 2.75) is 50.6 Å². The molecule has 2 N–H and O–H groups in total. The number of hydrogen-bond donors (Lipinski definition) is 2. The van der Waals surface area contributed by atoms with Crippen molar-refractivity contribution in [3.8, 4) is 0 Å². The van der Waals surface area contributed by atoms with Crippen LogP contribution in [0.5, 0.6) is 0 Å². The van der Waals surface area contributed by atoms with E-state index in [0.717, 1.165) is 38.5 Å². The van der Waals surface area contributed by atoms with Gasteiger partial charge in [-0.05, 0) is 38.5 Å². The molecule has 3 rings (SSSR count). The molecule has 2 unspecified atom stereocenters. The van der Waals surface area contributed by atoms with Gasteiger partial charge >= 0.3 is 5.69 Å². The Balaban J connectivity index is 1.76. The lowest BCUT2D eigenvalue weighted by atomic mass is 10.0. The number of aromatic nitrogens is 2. The molecule has 2 atom stereocenters. The average molecular weight is 315 g/mol. The van der Waals surface area contributed by atoms with Gasteiger partial charge in [-0.1, -0.05) is 24.3 Å². The topological polar surface area (TPSA) is 93.0 Å². The number of allylic oxidation sites excluding steroid dienone is 2. The van der Waals surface area contributed by atoms with Crippen LogP contribution in [-0.4, -0.2) is 27.0 Å². The summed E-state index contributed by atoms with van der Waals surface area (Å²) in [5, 5.41) is 17.7. The van der Waals surface area contributed by atoms with Gasteiger partial charge in [-0.2, -0.15) is 4.98 Å². The second-order valence-corrected chi connectivity index (χ2v) is 5.94. The lowest BCUT2D eigenvalue weighted by Crippen LogP contribution is -2.24. The first-order valence-electron chi connectivity index (χ1n) is 8.07. The summed E-state index contributed by atoms with van der Waals surface area (Å²) in [6.45, 7) is 0. The SMILES string of the molecule is O=[N+]([O-])c1cnc(NC2CC=CCC2)nc1NC1CC=CCC1. The van der Waals surface area contributed by atoms with Crippen molar-refractivity contribution >= 4 is 17.5 Å². The Morgan fingerprint density at radius 1 is 1.04 bits per heavy atom. The Morgan fingerprint density at radius 3 is 2.26 bits per heavy atom. The van der Waals surface area contributed by atoms with E-state index in [4.69, 9.17) is 0 Å². The number of rotatable bonds is 5. The molecule has 2 aliphatic rings. The number of nitrogens with one attached hydrogen (secondary N) is 2. The van der Waals surface area contributed by atoms with Crippen LogP contribution in [-0.2, 0) is 0 Å². The molecule has 0 fully saturated rings. The lowest BCUT2D eigenvalue weighted by molar-refractivity contribution is -0.384. The summed E-state index contributed by atoms with van der Waals surface area (Å²) in [6, 6.07) is 0.464. The van der Waals surface area contributed by atoms with Gasteiger partial charge in [0.15, 0.2) is 0 Å². The van der Waals surface area contributed by atoms with E-state index in [1.165, 1.54) is 6.20 Å². The van der Waals surface area contributed by atoms with E-state index in [1.807, 2.05) is 0 Å². The van der Waals surface area contributed by atoms with Crippen molar-refractivity contribution in [2.24, 2.45) is 0 Å². The summed E-state index contributed by atoms with van der Waals surface area (Å²) in [4.78, 5) is 19.2. The van der Waals surface area contributed by atoms with Gasteiger partial charge in [-0.3, -0.25) is 10.1 Å². The summed E-state index contributed by atoms with van der Waals surface area (Å²) < 4.78 is 0. The summed E-state index contributed by atoms with van der Waals surface area (Å²) in [7, 11) is 0. The van der Waals surface area contributed by atoms with Gasteiger partial charge in [-0.15, -0.1) is 0 Å². The van der Waals surface area contributed by atoms with Crippen LogP contribution in [0.25, 0.3) is 0 Å². The normalized spacial score (nSPS) is 23.5. The van der Waals surface area contributed by atoms with Crippen molar-refractivity contribution < 1.29 is 4.92 Å². The minimum atomic E-state index is -0.436. The van der Waals surface area contributed by atoms with Gasteiger partial charge in [0.2, 0.25) is 11.8 Å². The molecule has 0 aliphatic heterocycles. The first-order valence-corrected chi connectivity index (χ1v) is 8.07. The van der Waals surface area contributed by atoms with Gasteiger partial charge < -0.3 is 10.6 Å². The molecule has 1 heterocycles. The molecule has 1 aromatic heterocycles. The second kappa shape index (κ2) is 7.21. The molecular formula is C16H21N5O2. The van der Waals surface area contributed by atoms with Crippen LogP contribution in [0.2, 0.25) is 0 Å². The van der Waals surface area contributed by atoms with Crippen molar-refractivity contribution in [3.05, 3.63) is 40.6 Å². The molecule has 7 nitrogen and oxygen atoms in total. The van der Waals surface area contributed by atoms with Crippen molar-refractivity contribution in [3.63, 3.8) is 0 Å². The van der Waals surface area contributed by atoms with Crippen LogP contribution in [0.4, 0.5) is 17.5 Å². The van der Waals surface area contributed by atoms with Gasteiger partial charge in [-0.25, -0.2) is 4.98 Å². The molecule has 7 heteroatoms. The smallest absolute Gasteiger partial charge is 0.329 e. The summed E-state index contributed by atoms with van der Waals surface area (Å²) >= 11 is 0. The van der Waals surface area contributed by atoms with Crippen molar-refractivity contribution in [2.75, 3.05) is 10.6 Å². The quantitative estimate of drug-likeness (QED) is 0.491. The summed E-state index contributed by atoms with van der Waals surface area (Å²) in [6.07, 6.45) is 15.6. The first kappa shape index (κ1) is 15.5. The van der Waals surface area contributed by atoms with Crippen molar-refractivity contribution in [1.82, 2.24) is 9.97 Å². The van der Waals surface area contributed by atoms with E-state index < -0.39 is 4.92 Å². The molecule has 0 amide bonds. The third-order valence-electron chi connectivity index (χ3n) is 4.18. The van der Waals surface area contributed by atoms with Crippen LogP contribution >= 0.6 is 0 Å². The minimum Gasteiger partial charge on any atom is -0.361 e. The third kappa shape index (κ3) is 4.06. The van der Waals surface area contributed by atoms with Gasteiger partial charge in [0, 0.05) is 12.1 Å². The molecule has 23 heavy (non-hydrogen) atoms. The van der Waals surface area contributed by atoms with Crippen LogP contribution in [0, 0.1) is 10.1 Å². The predicted octanol–water partition coefficient (Wildman–Crippen LogP) is 3.43. The summed E-state index contributed by atoms with van der Waals surface area (Å²) in [5.41, 5.74) is -0.0753. The zero-order valence-electron chi connectivity index (χ0n) is 12.9. The highest BCUT2D eigenvalue weighted by atomic mass is 16.6. The van der Waals surface area contributed by atoms with Crippen molar-refractivity contribution in [1.29, 1.82) is 0 Å². The van der Waals surface area contributed by atoms with Gasteiger partial charge in [0.25, 0.3) is 0 Å². The fourth-order valence-corrected chi connectivity index (χ4v) is 2.91. The first-order chi connectivity index (χ1) is 11.2. The summed E-state index contributed by atoms with van der Waals surface area (Å²) in [5.74, 6) is 0.754. The van der Waals surface area contributed by atoms with Gasteiger partial charge in [0.1, 0.15) is 6.20 Å². The molecule has 0 aromatic carbocycles. The van der Waals surface area contributed by atoms with E-state index in [9.17, 15) is 10.1 Å². The number of nitrogens with zero attached hydrogens (tertiary/aromatic N) is 3. The van der Waals surface area contributed by atoms with E-state index in [2.05, 4.69) is 44.9 Å². The fraction of sp³-hybridized carbons (Fsp3) is 0.500. The van der Waals surface area contributed by atoms with E-state index >= 15 is 0 Å². The highest BCUT2D eigenvalue weighted by Crippen LogP contribution is 2.26. The molecule has 122 valence electrons. The molecule has 0 saturated carbocycles. The molecule has 0 spiro atoms. The monoisotopic (exact) mass is 315 g/mol. The standard InChI is InChI=1S/C16H21N5O2/c22-21(23)14-11-17-16(19-13-9-5-2-6-10-13)20-15(14)18-12-7-3-1-4-8-12/h1-3,5,11-13H,4,6-10H2,(H2,17,18,19,20). The molecule has 0 bridgehead atoms. The maximum absolute atomic E-state index is 11.2. The predicted molar refractivity (Wildman–Crippen MR) is 89.5 cm³/mol. The second-order valence-electron chi connectivity index (χ2n) is 5.94. The van der Waals surface area contributed by atoms with Crippen LogP contribution in [0.3, 0.4) is 0 Å². The molecule has 0 radical (unpaired) electrons. The number of nitro groups is 1. The zero-order chi connectivity index (χ0) is 16.1. The average Bonchev–Trinajstić information content (AvgIpc) is 2.57. The Hall–Kier alpha value is -2.44. The largest absolute Gasteiger partial charge is 0.361 e. The molecular weight excluding hydrogens is 294 g/mol. The zero-order valence-corrected chi connectivity index (χ0v) is 12.9. The van der Waals surface area contributed by atoms with Crippen LogP contribution in [0.1, 0.15) is 38.5 Å². The molecule has 0 saturated heterocycles. The minimum absolute atomic E-state index is 0.0753. The van der Waals surface area contributed by atoms with Gasteiger partial charge in [0.05, 0.1) is 4.92 Å². The lowest BCUT2D eigenvalue weighted by Gasteiger charge is -2.21. The fourth-order valence-electron chi connectivity index (χ4n) is 2.91. The molecule has 2 aliphatic carbocycles. The maximum Gasteiger partial charge on any atom is 0.329 e. The Morgan fingerprint density at radius 2 is 1.70 bits per heavy atom. The molecule has 1 aromatic rings. The highest BCUT2D eigenvalue weighted by molar-refractivity contribution is 5.57. The number of hydrogen-bond acceptors (Lipinski definition) is 6.